The molecular formula is C40H46N6. The average Bonchev–Trinajstić information content (AvgIpc) is 3.12. The van der Waals surface area contributed by atoms with Gasteiger partial charge in [-0.3, -0.25) is 5.43 Å². The van der Waals surface area contributed by atoms with Crippen molar-refractivity contribution < 1.29 is 0 Å². The van der Waals surface area contributed by atoms with Gasteiger partial charge in [0.1, 0.15) is 0 Å². The molecule has 0 saturated heterocycles. The summed E-state index contributed by atoms with van der Waals surface area (Å²) in [4.78, 5) is 4.66. The average molecular weight is 611 g/mol. The van der Waals surface area contributed by atoms with Crippen LogP contribution >= 0.6 is 0 Å². The third-order valence-corrected chi connectivity index (χ3v) is 7.55. The minimum absolute atomic E-state index is 0.989. The molecule has 5 aromatic carbocycles. The van der Waals surface area contributed by atoms with E-state index in [1.54, 1.807) is 0 Å². The summed E-state index contributed by atoms with van der Waals surface area (Å²) in [5, 5.41) is 10.9. The Balaban J connectivity index is 0.000000216. The summed E-state index contributed by atoms with van der Waals surface area (Å²) >= 11 is 0. The zero-order valence-electron chi connectivity index (χ0n) is 27.5. The number of para-hydroxylation sites is 3. The number of hydrogen-bond acceptors (Lipinski definition) is 6. The maximum Gasteiger partial charge on any atom is 0.0652 e. The second-order valence-corrected chi connectivity index (χ2v) is 10.5. The van der Waals surface area contributed by atoms with Crippen LogP contribution < -0.4 is 20.2 Å². The molecule has 5 rings (SSSR count). The van der Waals surface area contributed by atoms with Gasteiger partial charge in [-0.05, 0) is 99.5 Å². The maximum absolute atomic E-state index is 4.74. The van der Waals surface area contributed by atoms with Crippen LogP contribution in [0.1, 0.15) is 38.8 Å². The number of nitrogens with zero attached hydrogens (tertiary/aromatic N) is 5. The normalized spacial score (nSPS) is 10.8. The molecule has 5 aromatic rings. The van der Waals surface area contributed by atoms with Gasteiger partial charge in [-0.15, -0.1) is 0 Å². The van der Waals surface area contributed by atoms with E-state index in [1.807, 2.05) is 84.2 Å². The number of rotatable bonds is 13. The van der Waals surface area contributed by atoms with E-state index in [4.69, 9.17) is 5.10 Å². The zero-order valence-corrected chi connectivity index (χ0v) is 27.5. The van der Waals surface area contributed by atoms with Crippen molar-refractivity contribution in [2.75, 3.05) is 46.4 Å². The molecule has 0 aliphatic carbocycles. The van der Waals surface area contributed by atoms with Gasteiger partial charge in [-0.2, -0.15) is 10.2 Å². The highest BCUT2D eigenvalue weighted by atomic mass is 15.5. The van der Waals surface area contributed by atoms with E-state index >= 15 is 0 Å². The van der Waals surface area contributed by atoms with E-state index in [0.717, 1.165) is 54.4 Å². The highest BCUT2D eigenvalue weighted by Gasteiger charge is 2.07. The molecule has 6 heteroatoms. The Labute approximate surface area is 275 Å². The first-order valence-corrected chi connectivity index (χ1v) is 16.1. The van der Waals surface area contributed by atoms with Gasteiger partial charge in [0.2, 0.25) is 0 Å². The zero-order chi connectivity index (χ0) is 32.4. The molecule has 0 saturated carbocycles. The van der Waals surface area contributed by atoms with Crippen molar-refractivity contribution in [2.45, 2.75) is 27.7 Å². The fourth-order valence-corrected chi connectivity index (χ4v) is 4.96. The molecule has 0 aliphatic rings. The lowest BCUT2D eigenvalue weighted by Crippen LogP contribution is -2.21. The lowest BCUT2D eigenvalue weighted by atomic mass is 10.2. The van der Waals surface area contributed by atoms with Crippen LogP contribution in [0.5, 0.6) is 0 Å². The Morgan fingerprint density at radius 1 is 0.457 bits per heavy atom. The minimum atomic E-state index is 0.989. The first-order chi connectivity index (χ1) is 22.6. The second-order valence-electron chi connectivity index (χ2n) is 10.5. The van der Waals surface area contributed by atoms with Gasteiger partial charge in [0.25, 0.3) is 0 Å². The second kappa shape index (κ2) is 18.4. The largest absolute Gasteiger partial charge is 0.372 e. The summed E-state index contributed by atoms with van der Waals surface area (Å²) in [6.45, 7) is 12.8. The molecule has 0 spiro atoms. The summed E-state index contributed by atoms with van der Waals surface area (Å²) < 4.78 is 0. The topological polar surface area (TPSA) is 46.5 Å². The maximum atomic E-state index is 4.74. The van der Waals surface area contributed by atoms with Gasteiger partial charge in [-0.1, -0.05) is 78.9 Å². The number of hydrogen-bond donors (Lipinski definition) is 1. The fourth-order valence-electron chi connectivity index (χ4n) is 4.96. The van der Waals surface area contributed by atoms with Crippen LogP contribution in [-0.2, 0) is 0 Å². The molecule has 236 valence electrons. The Hall–Kier alpha value is -5.36. The third-order valence-electron chi connectivity index (χ3n) is 7.55. The summed E-state index contributed by atoms with van der Waals surface area (Å²) in [5.74, 6) is 0. The van der Waals surface area contributed by atoms with Crippen molar-refractivity contribution in [3.63, 3.8) is 0 Å². The molecule has 1 N–H and O–H groups in total. The molecule has 0 amide bonds. The lowest BCUT2D eigenvalue weighted by molar-refractivity contribution is 0.866. The number of anilines is 5. The van der Waals surface area contributed by atoms with Gasteiger partial charge in [0.15, 0.2) is 0 Å². The SMILES string of the molecule is CCN(CC)c1ccc(/C=N/N(c2ccccc2)c2ccccc2)cc1.CCN(CC)c1ccc(/C=N/Nc2ccccc2)cc1. The molecule has 0 unspecified atom stereocenters. The molecule has 0 atom stereocenters. The van der Waals surface area contributed by atoms with Gasteiger partial charge in [0.05, 0.1) is 29.5 Å². The molecule has 0 bridgehead atoms. The van der Waals surface area contributed by atoms with Crippen molar-refractivity contribution in [2.24, 2.45) is 10.2 Å². The van der Waals surface area contributed by atoms with Gasteiger partial charge >= 0.3 is 0 Å². The third kappa shape index (κ3) is 10.1. The van der Waals surface area contributed by atoms with E-state index in [9.17, 15) is 0 Å². The highest BCUT2D eigenvalue weighted by molar-refractivity contribution is 5.82. The van der Waals surface area contributed by atoms with Crippen molar-refractivity contribution in [3.05, 3.63) is 151 Å². The number of nitrogens with one attached hydrogen (secondary N) is 1. The molecule has 0 aliphatic heterocycles. The molecule has 0 aromatic heterocycles. The summed E-state index contributed by atoms with van der Waals surface area (Å²) in [6, 6.07) is 47.3. The van der Waals surface area contributed by atoms with Crippen molar-refractivity contribution in [1.82, 2.24) is 0 Å². The van der Waals surface area contributed by atoms with Crippen molar-refractivity contribution in [1.29, 1.82) is 0 Å². The van der Waals surface area contributed by atoms with Crippen LogP contribution in [0, 0.1) is 0 Å². The number of hydrazone groups is 2. The van der Waals surface area contributed by atoms with E-state index in [2.05, 4.69) is 121 Å². The van der Waals surface area contributed by atoms with E-state index in [0.29, 0.717) is 0 Å². The van der Waals surface area contributed by atoms with Gasteiger partial charge in [-0.25, -0.2) is 5.01 Å². The first kappa shape index (κ1) is 33.5. The van der Waals surface area contributed by atoms with Crippen LogP contribution in [0.25, 0.3) is 0 Å². The quantitative estimate of drug-likeness (QED) is 0.107. The van der Waals surface area contributed by atoms with Gasteiger partial charge < -0.3 is 9.80 Å². The Bertz CT molecular complexity index is 1540. The summed E-state index contributed by atoms with van der Waals surface area (Å²) in [6.07, 6.45) is 3.74. The smallest absolute Gasteiger partial charge is 0.0652 e. The Morgan fingerprint density at radius 2 is 0.848 bits per heavy atom. The van der Waals surface area contributed by atoms with Crippen molar-refractivity contribution >= 4 is 40.9 Å². The van der Waals surface area contributed by atoms with Gasteiger partial charge in [0, 0.05) is 37.6 Å². The standard InChI is InChI=1S/C23H25N3.C17H21N3/c1-3-25(4-2)21-17-15-20(16-18-21)19-24-26(22-11-7-5-8-12-22)23-13-9-6-10-14-23;1-3-20(4-2)17-12-10-15(11-13-17)14-18-19-16-8-6-5-7-9-16/h5-19H,3-4H2,1-2H3;5-14,19H,3-4H2,1-2H3/b24-19+;18-14+. The number of benzene rings is 5. The molecule has 0 radical (unpaired) electrons. The van der Waals surface area contributed by atoms with Crippen LogP contribution in [0.3, 0.4) is 0 Å². The van der Waals surface area contributed by atoms with Crippen LogP contribution in [0.2, 0.25) is 0 Å². The molecule has 0 heterocycles. The highest BCUT2D eigenvalue weighted by Crippen LogP contribution is 2.25. The Morgan fingerprint density at radius 3 is 1.26 bits per heavy atom. The van der Waals surface area contributed by atoms with E-state index in [1.165, 1.54) is 11.4 Å². The Kier molecular flexibility index (Phi) is 13.4. The molecule has 46 heavy (non-hydrogen) atoms. The van der Waals surface area contributed by atoms with Crippen molar-refractivity contribution in [3.8, 4) is 0 Å². The van der Waals surface area contributed by atoms with E-state index in [-0.39, 0.29) is 0 Å². The van der Waals surface area contributed by atoms with Crippen LogP contribution in [-0.4, -0.2) is 38.6 Å². The minimum Gasteiger partial charge on any atom is -0.372 e. The molecule has 0 fully saturated rings. The summed E-state index contributed by atoms with van der Waals surface area (Å²) in [5.41, 5.74) is 10.7. The predicted octanol–water partition coefficient (Wildman–Crippen LogP) is 9.68. The molecular weight excluding hydrogens is 564 g/mol. The predicted molar refractivity (Wildman–Crippen MR) is 200 cm³/mol. The van der Waals surface area contributed by atoms with Crippen LogP contribution in [0.15, 0.2) is 150 Å². The van der Waals surface area contributed by atoms with Crippen LogP contribution in [0.4, 0.5) is 28.4 Å². The van der Waals surface area contributed by atoms with E-state index < -0.39 is 0 Å². The molecule has 6 nitrogen and oxygen atoms in total. The lowest BCUT2D eigenvalue weighted by Gasteiger charge is -2.21. The monoisotopic (exact) mass is 610 g/mol. The summed E-state index contributed by atoms with van der Waals surface area (Å²) in [7, 11) is 0. The first-order valence-electron chi connectivity index (χ1n) is 16.1. The fraction of sp³-hybridized carbons (Fsp3) is 0.200.